The highest BCUT2D eigenvalue weighted by Gasteiger charge is 2.36. The Morgan fingerprint density at radius 2 is 2.22 bits per heavy atom. The summed E-state index contributed by atoms with van der Waals surface area (Å²) >= 11 is 0. The molecule has 1 aliphatic rings. The van der Waals surface area contributed by atoms with Gasteiger partial charge in [0.25, 0.3) is 0 Å². The molecule has 1 aliphatic heterocycles. The van der Waals surface area contributed by atoms with E-state index in [0.717, 1.165) is 12.8 Å². The van der Waals surface area contributed by atoms with Crippen molar-refractivity contribution in [3.8, 4) is 5.75 Å². The average molecular weight is 252 g/mol. The number of ether oxygens (including phenoxy) is 1. The summed E-state index contributed by atoms with van der Waals surface area (Å²) < 4.78 is 19.1. The van der Waals surface area contributed by atoms with Gasteiger partial charge in [0, 0.05) is 18.1 Å². The number of fused-ring (bicyclic) bond motifs is 1. The molecule has 0 aromatic heterocycles. The minimum Gasteiger partial charge on any atom is -0.487 e. The number of hydrogen-bond acceptors (Lipinski definition) is 2. The molecule has 0 saturated heterocycles. The number of aliphatic hydroxyl groups excluding tert-OH is 1. The smallest absolute Gasteiger partial charge is 0.128 e. The van der Waals surface area contributed by atoms with Crippen LogP contribution in [0.25, 0.3) is 0 Å². The molecular formula is C15H21FO2. The summed E-state index contributed by atoms with van der Waals surface area (Å²) in [4.78, 5) is 0. The summed E-state index contributed by atoms with van der Waals surface area (Å²) in [5, 5.41) is 10.2. The molecule has 1 aromatic rings. The zero-order valence-corrected chi connectivity index (χ0v) is 11.2. The third-order valence-corrected chi connectivity index (χ3v) is 3.57. The predicted molar refractivity (Wildman–Crippen MR) is 69.1 cm³/mol. The lowest BCUT2D eigenvalue weighted by Crippen LogP contribution is -2.38. The Morgan fingerprint density at radius 3 is 2.89 bits per heavy atom. The Kier molecular flexibility index (Phi) is 3.62. The maximum Gasteiger partial charge on any atom is 0.128 e. The average Bonchev–Trinajstić information content (AvgIpc) is 2.25. The second-order valence-corrected chi connectivity index (χ2v) is 5.89. The largest absolute Gasteiger partial charge is 0.487 e. The number of rotatable bonds is 3. The van der Waals surface area contributed by atoms with Crippen LogP contribution in [0.4, 0.5) is 4.39 Å². The summed E-state index contributed by atoms with van der Waals surface area (Å²) in [6.45, 7) is 6.32. The summed E-state index contributed by atoms with van der Waals surface area (Å²) in [6, 6.07) is 4.34. The molecule has 2 rings (SSSR count). The minimum atomic E-state index is -0.563. The van der Waals surface area contributed by atoms with Crippen molar-refractivity contribution in [1.82, 2.24) is 0 Å². The highest BCUT2D eigenvalue weighted by Crippen LogP contribution is 2.42. The summed E-state index contributed by atoms with van der Waals surface area (Å²) in [5.41, 5.74) is 0.295. The van der Waals surface area contributed by atoms with E-state index in [0.29, 0.717) is 23.7 Å². The molecule has 2 nitrogen and oxygen atoms in total. The maximum atomic E-state index is 13.2. The van der Waals surface area contributed by atoms with Crippen molar-refractivity contribution in [2.45, 2.75) is 51.7 Å². The van der Waals surface area contributed by atoms with Gasteiger partial charge < -0.3 is 9.84 Å². The number of halogens is 1. The van der Waals surface area contributed by atoms with Crippen LogP contribution in [0.15, 0.2) is 18.2 Å². The van der Waals surface area contributed by atoms with Crippen molar-refractivity contribution < 1.29 is 14.2 Å². The van der Waals surface area contributed by atoms with Crippen LogP contribution in [0.5, 0.6) is 5.75 Å². The fraction of sp³-hybridized carbons (Fsp3) is 0.600. The van der Waals surface area contributed by atoms with Gasteiger partial charge >= 0.3 is 0 Å². The molecule has 0 bridgehead atoms. The molecule has 18 heavy (non-hydrogen) atoms. The predicted octanol–water partition coefficient (Wildman–Crippen LogP) is 3.84. The molecular weight excluding hydrogens is 231 g/mol. The van der Waals surface area contributed by atoms with E-state index in [-0.39, 0.29) is 5.82 Å². The van der Waals surface area contributed by atoms with Crippen LogP contribution in [-0.4, -0.2) is 10.7 Å². The van der Waals surface area contributed by atoms with E-state index in [1.165, 1.54) is 12.1 Å². The maximum absolute atomic E-state index is 13.2. The SMILES string of the molecule is CC(C)CCC1(C)C[C@H](O)c2ccc(F)cc2O1. The van der Waals surface area contributed by atoms with Gasteiger partial charge in [-0.15, -0.1) is 0 Å². The first-order chi connectivity index (χ1) is 8.39. The molecule has 1 N–H and O–H groups in total. The van der Waals surface area contributed by atoms with Crippen LogP contribution >= 0.6 is 0 Å². The van der Waals surface area contributed by atoms with Crippen LogP contribution in [0.3, 0.4) is 0 Å². The summed E-state index contributed by atoms with van der Waals surface area (Å²) in [7, 11) is 0. The second-order valence-electron chi connectivity index (χ2n) is 5.89. The zero-order valence-electron chi connectivity index (χ0n) is 11.2. The van der Waals surface area contributed by atoms with E-state index in [9.17, 15) is 9.50 Å². The fourth-order valence-electron chi connectivity index (χ4n) is 2.45. The van der Waals surface area contributed by atoms with Crippen molar-refractivity contribution in [3.63, 3.8) is 0 Å². The van der Waals surface area contributed by atoms with Gasteiger partial charge in [-0.1, -0.05) is 13.8 Å². The van der Waals surface area contributed by atoms with Crippen LogP contribution in [0.2, 0.25) is 0 Å². The third kappa shape index (κ3) is 2.83. The van der Waals surface area contributed by atoms with Crippen molar-refractivity contribution in [1.29, 1.82) is 0 Å². The normalized spacial score (nSPS) is 26.9. The fourth-order valence-corrected chi connectivity index (χ4v) is 2.45. The van der Waals surface area contributed by atoms with Gasteiger partial charge in [-0.05, 0) is 37.8 Å². The third-order valence-electron chi connectivity index (χ3n) is 3.57. The van der Waals surface area contributed by atoms with Gasteiger partial charge in [-0.3, -0.25) is 0 Å². The van der Waals surface area contributed by atoms with Gasteiger partial charge in [0.15, 0.2) is 0 Å². The van der Waals surface area contributed by atoms with Gasteiger partial charge in [0.05, 0.1) is 6.10 Å². The molecule has 1 heterocycles. The quantitative estimate of drug-likeness (QED) is 0.885. The van der Waals surface area contributed by atoms with Gasteiger partial charge in [-0.2, -0.15) is 0 Å². The van der Waals surface area contributed by atoms with E-state index in [2.05, 4.69) is 13.8 Å². The van der Waals surface area contributed by atoms with Crippen LogP contribution in [-0.2, 0) is 0 Å². The van der Waals surface area contributed by atoms with Crippen molar-refractivity contribution in [2.75, 3.05) is 0 Å². The number of benzene rings is 1. The Morgan fingerprint density at radius 1 is 1.50 bits per heavy atom. The Balaban J connectivity index is 2.20. The molecule has 100 valence electrons. The van der Waals surface area contributed by atoms with E-state index in [4.69, 9.17) is 4.74 Å². The first-order valence-electron chi connectivity index (χ1n) is 6.56. The van der Waals surface area contributed by atoms with Crippen molar-refractivity contribution in [3.05, 3.63) is 29.6 Å². The molecule has 0 radical (unpaired) electrons. The molecule has 2 atom stereocenters. The van der Waals surface area contributed by atoms with Crippen molar-refractivity contribution in [2.24, 2.45) is 5.92 Å². The van der Waals surface area contributed by atoms with Gasteiger partial charge in [0.2, 0.25) is 0 Å². The van der Waals surface area contributed by atoms with E-state index < -0.39 is 11.7 Å². The van der Waals surface area contributed by atoms with E-state index in [1.54, 1.807) is 6.07 Å². The highest BCUT2D eigenvalue weighted by atomic mass is 19.1. The van der Waals surface area contributed by atoms with E-state index >= 15 is 0 Å². The molecule has 0 amide bonds. The Labute approximate surface area is 108 Å². The van der Waals surface area contributed by atoms with Gasteiger partial charge in [-0.25, -0.2) is 4.39 Å². The second kappa shape index (κ2) is 4.88. The monoisotopic (exact) mass is 252 g/mol. The van der Waals surface area contributed by atoms with Crippen molar-refractivity contribution >= 4 is 0 Å². The summed E-state index contributed by atoms with van der Waals surface area (Å²) in [6.07, 6.45) is 1.91. The summed E-state index contributed by atoms with van der Waals surface area (Å²) in [5.74, 6) is 0.755. The molecule has 3 heteroatoms. The zero-order chi connectivity index (χ0) is 13.3. The number of hydrogen-bond donors (Lipinski definition) is 1. The highest BCUT2D eigenvalue weighted by molar-refractivity contribution is 5.38. The molecule has 0 fully saturated rings. The van der Waals surface area contributed by atoms with E-state index in [1.807, 2.05) is 6.92 Å². The van der Waals surface area contributed by atoms with Gasteiger partial charge in [0.1, 0.15) is 17.2 Å². The number of aliphatic hydroxyl groups is 1. The lowest BCUT2D eigenvalue weighted by atomic mass is 9.85. The molecule has 0 spiro atoms. The van der Waals surface area contributed by atoms with Crippen LogP contribution < -0.4 is 4.74 Å². The molecule has 1 unspecified atom stereocenters. The lowest BCUT2D eigenvalue weighted by molar-refractivity contribution is -0.0103. The first-order valence-corrected chi connectivity index (χ1v) is 6.56. The van der Waals surface area contributed by atoms with Crippen LogP contribution in [0.1, 0.15) is 51.7 Å². The standard InChI is InChI=1S/C15H21FO2/c1-10(2)6-7-15(3)9-13(17)12-5-4-11(16)8-14(12)18-15/h4-5,8,10,13,17H,6-7,9H2,1-3H3/t13-,15?/m0/s1. The molecule has 0 aliphatic carbocycles. The van der Waals surface area contributed by atoms with Crippen LogP contribution in [0, 0.1) is 11.7 Å². The molecule has 0 saturated carbocycles. The molecule has 1 aromatic carbocycles. The topological polar surface area (TPSA) is 29.5 Å². The Bertz CT molecular complexity index is 431. The first kappa shape index (κ1) is 13.3. The minimum absolute atomic E-state index is 0.325. The Hall–Kier alpha value is -1.09. The lowest BCUT2D eigenvalue weighted by Gasteiger charge is -2.38.